The van der Waals surface area contributed by atoms with Crippen molar-refractivity contribution in [2.45, 2.75) is 45.6 Å². The number of thiazole rings is 1. The number of carbonyl (C=O) groups is 1. The standard InChI is InChI=1S/C21H29N3O4S2/c1-14-10-15(2)19-18(11-14)29-21(22-19)24(13-17-7-5-9-28-17)20(25)16-6-4-8-23(12-16)30(3,26)27/h10-11,16-17H,4-9,12-13H2,1-3H3. The Balaban J connectivity index is 1.66. The fraction of sp³-hybridized carbons (Fsp3) is 0.619. The number of aryl methyl sites for hydroxylation is 2. The van der Waals surface area contributed by atoms with Gasteiger partial charge in [0.2, 0.25) is 15.9 Å². The van der Waals surface area contributed by atoms with Gasteiger partial charge < -0.3 is 4.74 Å². The largest absolute Gasteiger partial charge is 0.376 e. The van der Waals surface area contributed by atoms with Gasteiger partial charge in [-0.1, -0.05) is 17.4 Å². The van der Waals surface area contributed by atoms with Crippen molar-refractivity contribution in [3.63, 3.8) is 0 Å². The van der Waals surface area contributed by atoms with Crippen molar-refractivity contribution in [2.75, 3.05) is 37.4 Å². The van der Waals surface area contributed by atoms with Gasteiger partial charge >= 0.3 is 0 Å². The maximum absolute atomic E-state index is 13.6. The second-order valence-corrected chi connectivity index (χ2v) is 11.5. The molecule has 2 aliphatic heterocycles. The van der Waals surface area contributed by atoms with Crippen LogP contribution in [0.4, 0.5) is 5.13 Å². The fourth-order valence-electron chi connectivity index (χ4n) is 4.39. The van der Waals surface area contributed by atoms with Crippen LogP contribution in [-0.4, -0.2) is 62.2 Å². The molecule has 2 fully saturated rings. The van der Waals surface area contributed by atoms with Crippen LogP contribution in [0.2, 0.25) is 0 Å². The van der Waals surface area contributed by atoms with Gasteiger partial charge in [0.05, 0.1) is 35.0 Å². The SMILES string of the molecule is Cc1cc(C)c2nc(N(CC3CCCO3)C(=O)C3CCCN(S(C)(=O)=O)C3)sc2c1. The molecule has 1 amide bonds. The quantitative estimate of drug-likeness (QED) is 0.698. The second-order valence-electron chi connectivity index (χ2n) is 8.47. The van der Waals surface area contributed by atoms with E-state index in [0.717, 1.165) is 35.2 Å². The molecule has 2 unspecified atom stereocenters. The summed E-state index contributed by atoms with van der Waals surface area (Å²) in [7, 11) is -3.31. The minimum Gasteiger partial charge on any atom is -0.376 e. The zero-order valence-corrected chi connectivity index (χ0v) is 19.4. The van der Waals surface area contributed by atoms with Crippen LogP contribution in [0.5, 0.6) is 0 Å². The molecule has 7 nitrogen and oxygen atoms in total. The Kier molecular flexibility index (Phi) is 6.16. The highest BCUT2D eigenvalue weighted by Crippen LogP contribution is 2.34. The van der Waals surface area contributed by atoms with E-state index < -0.39 is 10.0 Å². The number of anilines is 1. The van der Waals surface area contributed by atoms with Gasteiger partial charge in [0.15, 0.2) is 5.13 Å². The predicted molar refractivity (Wildman–Crippen MR) is 120 cm³/mol. The topological polar surface area (TPSA) is 79.8 Å². The first-order valence-corrected chi connectivity index (χ1v) is 13.1. The maximum Gasteiger partial charge on any atom is 0.233 e. The van der Waals surface area contributed by atoms with E-state index >= 15 is 0 Å². The van der Waals surface area contributed by atoms with Crippen molar-refractivity contribution < 1.29 is 17.9 Å². The molecule has 0 aliphatic carbocycles. The van der Waals surface area contributed by atoms with Gasteiger partial charge in [-0.15, -0.1) is 0 Å². The Hall–Kier alpha value is -1.55. The third-order valence-electron chi connectivity index (χ3n) is 5.93. The van der Waals surface area contributed by atoms with Gasteiger partial charge in [-0.05, 0) is 56.7 Å². The summed E-state index contributed by atoms with van der Waals surface area (Å²) in [6.07, 6.45) is 4.51. The Morgan fingerprint density at radius 3 is 2.80 bits per heavy atom. The first-order valence-electron chi connectivity index (χ1n) is 10.5. The number of benzene rings is 1. The van der Waals surface area contributed by atoms with Crippen LogP contribution in [0.15, 0.2) is 12.1 Å². The molecule has 2 saturated heterocycles. The molecule has 9 heteroatoms. The molecule has 2 aliphatic rings. The molecular weight excluding hydrogens is 422 g/mol. The molecule has 164 valence electrons. The van der Waals surface area contributed by atoms with Crippen molar-refractivity contribution in [3.05, 3.63) is 23.3 Å². The smallest absolute Gasteiger partial charge is 0.233 e. The molecule has 1 aromatic carbocycles. The normalized spacial score (nSPS) is 23.2. The highest BCUT2D eigenvalue weighted by atomic mass is 32.2. The molecule has 0 N–H and O–H groups in total. The summed E-state index contributed by atoms with van der Waals surface area (Å²) in [5.41, 5.74) is 3.19. The van der Waals surface area contributed by atoms with Crippen molar-refractivity contribution in [3.8, 4) is 0 Å². The molecule has 4 rings (SSSR count). The fourth-order valence-corrected chi connectivity index (χ4v) is 6.46. The number of ether oxygens (including phenoxy) is 1. The highest BCUT2D eigenvalue weighted by molar-refractivity contribution is 7.88. The number of carbonyl (C=O) groups excluding carboxylic acids is 1. The van der Waals surface area contributed by atoms with Crippen LogP contribution < -0.4 is 4.90 Å². The summed E-state index contributed by atoms with van der Waals surface area (Å²) in [5.74, 6) is -0.406. The molecule has 3 heterocycles. The van der Waals surface area contributed by atoms with Gasteiger partial charge in [-0.2, -0.15) is 0 Å². The van der Waals surface area contributed by atoms with Crippen LogP contribution in [0.1, 0.15) is 36.8 Å². The van der Waals surface area contributed by atoms with E-state index in [1.165, 1.54) is 27.5 Å². The Bertz CT molecular complexity index is 1040. The van der Waals surface area contributed by atoms with E-state index in [1.807, 2.05) is 6.92 Å². The van der Waals surface area contributed by atoms with E-state index in [-0.39, 0.29) is 24.5 Å². The number of rotatable bonds is 5. The average molecular weight is 452 g/mol. The molecule has 30 heavy (non-hydrogen) atoms. The van der Waals surface area contributed by atoms with Crippen molar-refractivity contribution in [2.24, 2.45) is 5.92 Å². The zero-order valence-electron chi connectivity index (χ0n) is 17.8. The van der Waals surface area contributed by atoms with E-state index in [1.54, 1.807) is 4.90 Å². The lowest BCUT2D eigenvalue weighted by molar-refractivity contribution is -0.123. The summed E-state index contributed by atoms with van der Waals surface area (Å²) >= 11 is 1.52. The van der Waals surface area contributed by atoms with Gasteiger partial charge in [0, 0.05) is 19.7 Å². The van der Waals surface area contributed by atoms with Crippen LogP contribution in [0, 0.1) is 19.8 Å². The minimum atomic E-state index is -3.31. The lowest BCUT2D eigenvalue weighted by atomic mass is 9.98. The second kappa shape index (κ2) is 8.53. The van der Waals surface area contributed by atoms with Crippen molar-refractivity contribution >= 4 is 42.6 Å². The van der Waals surface area contributed by atoms with Crippen LogP contribution >= 0.6 is 11.3 Å². The van der Waals surface area contributed by atoms with E-state index in [4.69, 9.17) is 9.72 Å². The maximum atomic E-state index is 13.6. The monoisotopic (exact) mass is 451 g/mol. The number of sulfonamides is 1. The van der Waals surface area contributed by atoms with Crippen LogP contribution in [0.3, 0.4) is 0 Å². The highest BCUT2D eigenvalue weighted by Gasteiger charge is 2.35. The first-order chi connectivity index (χ1) is 14.2. The predicted octanol–water partition coefficient (Wildman–Crippen LogP) is 3.10. The third kappa shape index (κ3) is 4.54. The minimum absolute atomic E-state index is 0.00148. The summed E-state index contributed by atoms with van der Waals surface area (Å²) in [5, 5.41) is 0.677. The molecule has 1 aromatic heterocycles. The average Bonchev–Trinajstić information content (AvgIpc) is 3.34. The Labute approximate surface area is 182 Å². The molecular formula is C21H29N3O4S2. The number of aromatic nitrogens is 1. The number of hydrogen-bond donors (Lipinski definition) is 0. The molecule has 0 bridgehead atoms. The summed E-state index contributed by atoms with van der Waals surface area (Å²) in [4.78, 5) is 20.2. The lowest BCUT2D eigenvalue weighted by Crippen LogP contribution is -2.48. The van der Waals surface area contributed by atoms with E-state index in [2.05, 4.69) is 19.1 Å². The first kappa shape index (κ1) is 21.7. The van der Waals surface area contributed by atoms with Gasteiger partial charge in [0.1, 0.15) is 0 Å². The lowest BCUT2D eigenvalue weighted by Gasteiger charge is -2.33. The third-order valence-corrected chi connectivity index (χ3v) is 8.22. The van der Waals surface area contributed by atoms with Crippen molar-refractivity contribution in [1.29, 1.82) is 0 Å². The molecule has 2 atom stereocenters. The number of nitrogens with zero attached hydrogens (tertiary/aromatic N) is 3. The van der Waals surface area contributed by atoms with Gasteiger partial charge in [-0.3, -0.25) is 9.69 Å². The van der Waals surface area contributed by atoms with Crippen LogP contribution in [0.25, 0.3) is 10.2 Å². The Morgan fingerprint density at radius 2 is 2.10 bits per heavy atom. The van der Waals surface area contributed by atoms with E-state index in [9.17, 15) is 13.2 Å². The van der Waals surface area contributed by atoms with Gasteiger partial charge in [0.25, 0.3) is 0 Å². The molecule has 0 spiro atoms. The molecule has 0 radical (unpaired) electrons. The van der Waals surface area contributed by atoms with Gasteiger partial charge in [-0.25, -0.2) is 17.7 Å². The zero-order chi connectivity index (χ0) is 21.5. The van der Waals surface area contributed by atoms with Crippen molar-refractivity contribution in [1.82, 2.24) is 9.29 Å². The number of hydrogen-bond acceptors (Lipinski definition) is 6. The number of fused-ring (bicyclic) bond motifs is 1. The summed E-state index contributed by atoms with van der Waals surface area (Å²) < 4.78 is 32.4. The van der Waals surface area contributed by atoms with Crippen LogP contribution in [-0.2, 0) is 19.6 Å². The Morgan fingerprint density at radius 1 is 1.30 bits per heavy atom. The summed E-state index contributed by atoms with van der Waals surface area (Å²) in [6, 6.07) is 4.20. The van der Waals surface area contributed by atoms with E-state index in [0.29, 0.717) is 31.1 Å². The number of amides is 1. The molecule has 0 saturated carbocycles. The number of piperidine rings is 1. The molecule has 2 aromatic rings. The summed E-state index contributed by atoms with van der Waals surface area (Å²) in [6.45, 7) is 6.00.